The summed E-state index contributed by atoms with van der Waals surface area (Å²) in [6.45, 7) is 2.72. The Bertz CT molecular complexity index is 1730. The highest BCUT2D eigenvalue weighted by Gasteiger charge is 2.15. The molecule has 0 aliphatic rings. The van der Waals surface area contributed by atoms with Crippen molar-refractivity contribution in [2.75, 3.05) is 13.7 Å². The molecule has 184 valence electrons. The predicted molar refractivity (Wildman–Crippen MR) is 148 cm³/mol. The molecule has 0 radical (unpaired) electrons. The van der Waals surface area contributed by atoms with Crippen LogP contribution in [0.1, 0.15) is 30.3 Å². The fraction of sp³-hybridized carbons (Fsp3) is 0.167. The molecule has 2 aromatic heterocycles. The first-order chi connectivity index (χ1) is 18.1. The number of hydrogen-bond acceptors (Lipinski definition) is 7. The molecule has 0 aliphatic heterocycles. The van der Waals surface area contributed by atoms with Crippen molar-refractivity contribution in [1.29, 1.82) is 5.26 Å². The van der Waals surface area contributed by atoms with Crippen LogP contribution >= 0.6 is 11.3 Å². The van der Waals surface area contributed by atoms with Gasteiger partial charge >= 0.3 is 5.63 Å². The van der Waals surface area contributed by atoms with Gasteiger partial charge in [-0.05, 0) is 53.1 Å². The summed E-state index contributed by atoms with van der Waals surface area (Å²) < 4.78 is 16.9. The van der Waals surface area contributed by atoms with Gasteiger partial charge in [0.15, 0.2) is 11.5 Å². The lowest BCUT2D eigenvalue weighted by atomic mass is 10.0. The van der Waals surface area contributed by atoms with Gasteiger partial charge in [0.2, 0.25) is 0 Å². The Balaban J connectivity index is 1.49. The molecule has 0 saturated heterocycles. The summed E-state index contributed by atoms with van der Waals surface area (Å²) in [5.41, 5.74) is 2.06. The zero-order chi connectivity index (χ0) is 25.8. The van der Waals surface area contributed by atoms with Gasteiger partial charge in [0.1, 0.15) is 16.7 Å². The number of thiazole rings is 1. The van der Waals surface area contributed by atoms with Gasteiger partial charge in [0.25, 0.3) is 0 Å². The molecule has 0 aliphatic carbocycles. The van der Waals surface area contributed by atoms with Crippen LogP contribution < -0.4 is 15.1 Å². The molecule has 0 N–H and O–H groups in total. The molecule has 0 fully saturated rings. The molecule has 0 spiro atoms. The maximum absolute atomic E-state index is 12.8. The summed E-state index contributed by atoms with van der Waals surface area (Å²) in [7, 11) is 1.59. The van der Waals surface area contributed by atoms with E-state index in [1.807, 2.05) is 54.6 Å². The highest BCUT2D eigenvalue weighted by Crippen LogP contribution is 2.32. The minimum Gasteiger partial charge on any atom is -0.493 e. The molecule has 0 atom stereocenters. The third kappa shape index (κ3) is 4.97. The first kappa shape index (κ1) is 24.3. The minimum absolute atomic E-state index is 0.360. The molecule has 0 saturated carbocycles. The zero-order valence-corrected chi connectivity index (χ0v) is 21.3. The number of nitriles is 1. The normalized spacial score (nSPS) is 11.5. The van der Waals surface area contributed by atoms with Crippen LogP contribution in [0.5, 0.6) is 11.5 Å². The van der Waals surface area contributed by atoms with E-state index in [1.54, 1.807) is 24.6 Å². The van der Waals surface area contributed by atoms with Crippen molar-refractivity contribution in [2.24, 2.45) is 0 Å². The molecule has 5 aromatic rings. The average molecular weight is 509 g/mol. The van der Waals surface area contributed by atoms with Crippen molar-refractivity contribution in [3.05, 3.63) is 87.0 Å². The summed E-state index contributed by atoms with van der Waals surface area (Å²) in [4.78, 5) is 17.4. The van der Waals surface area contributed by atoms with Crippen LogP contribution in [0.3, 0.4) is 0 Å². The number of fused-ring (bicyclic) bond motifs is 3. The van der Waals surface area contributed by atoms with Gasteiger partial charge in [-0.15, -0.1) is 11.3 Å². The highest BCUT2D eigenvalue weighted by molar-refractivity contribution is 7.11. The van der Waals surface area contributed by atoms with E-state index in [4.69, 9.17) is 13.9 Å². The van der Waals surface area contributed by atoms with Crippen LogP contribution in [0.4, 0.5) is 0 Å². The second kappa shape index (κ2) is 10.7. The number of methoxy groups -OCH3 is 1. The van der Waals surface area contributed by atoms with Gasteiger partial charge in [-0.1, -0.05) is 49.7 Å². The van der Waals surface area contributed by atoms with Gasteiger partial charge in [0, 0.05) is 10.8 Å². The average Bonchev–Trinajstić information content (AvgIpc) is 3.41. The molecule has 2 heterocycles. The number of benzene rings is 3. The molecule has 7 heteroatoms. The van der Waals surface area contributed by atoms with Crippen molar-refractivity contribution in [3.8, 4) is 28.8 Å². The van der Waals surface area contributed by atoms with Crippen LogP contribution in [0.25, 0.3) is 44.6 Å². The monoisotopic (exact) mass is 508 g/mol. The standard InChI is InChI=1S/C30H24N2O4S/c1-3-4-13-35-27-11-9-19(15-28(27)34-2)14-21(17-31)29-32-25(18-37-29)24-16-23-22-8-6-5-7-20(22)10-12-26(23)36-30(24)33/h5-12,14-16,18H,3-4,13H2,1-2H3/b21-14+. The van der Waals surface area contributed by atoms with E-state index in [-0.39, 0.29) is 0 Å². The molecular formula is C30H24N2O4S. The molecule has 3 aromatic carbocycles. The Hall–Kier alpha value is -4.41. The number of ether oxygens (including phenoxy) is 2. The molecule has 5 rings (SSSR count). The van der Waals surface area contributed by atoms with Crippen LogP contribution in [-0.2, 0) is 0 Å². The highest BCUT2D eigenvalue weighted by atomic mass is 32.1. The predicted octanol–water partition coefficient (Wildman–Crippen LogP) is 7.32. The van der Waals surface area contributed by atoms with E-state index in [0.717, 1.165) is 34.6 Å². The number of nitrogens with zero attached hydrogens (tertiary/aromatic N) is 2. The third-order valence-electron chi connectivity index (χ3n) is 6.03. The number of allylic oxidation sites excluding steroid dienone is 1. The fourth-order valence-corrected chi connectivity index (χ4v) is 4.88. The quantitative estimate of drug-likeness (QED) is 0.0945. The lowest BCUT2D eigenvalue weighted by molar-refractivity contribution is 0.288. The third-order valence-corrected chi connectivity index (χ3v) is 6.90. The van der Waals surface area contributed by atoms with E-state index in [2.05, 4.69) is 18.0 Å². The topological polar surface area (TPSA) is 85.4 Å². The summed E-state index contributed by atoms with van der Waals surface area (Å²) in [5, 5.41) is 15.0. The molecule has 0 bridgehead atoms. The Labute approximate surface area is 218 Å². The van der Waals surface area contributed by atoms with Gasteiger partial charge in [0.05, 0.1) is 30.5 Å². The van der Waals surface area contributed by atoms with Crippen molar-refractivity contribution in [1.82, 2.24) is 4.98 Å². The molecule has 37 heavy (non-hydrogen) atoms. The fourth-order valence-electron chi connectivity index (χ4n) is 4.10. The maximum atomic E-state index is 12.8. The second-order valence-electron chi connectivity index (χ2n) is 8.47. The van der Waals surface area contributed by atoms with Gasteiger partial charge in [-0.25, -0.2) is 9.78 Å². The SMILES string of the molecule is CCCCOc1ccc(/C=C(\C#N)c2nc(-c3cc4c(ccc5ccccc54)oc3=O)cs2)cc1OC. The van der Waals surface area contributed by atoms with Gasteiger partial charge in [-0.3, -0.25) is 0 Å². The Kier molecular flexibility index (Phi) is 7.02. The lowest BCUT2D eigenvalue weighted by Gasteiger charge is -2.11. The van der Waals surface area contributed by atoms with Gasteiger partial charge < -0.3 is 13.9 Å². The van der Waals surface area contributed by atoms with E-state index in [1.165, 1.54) is 11.3 Å². The molecule has 6 nitrogen and oxygen atoms in total. The number of hydrogen-bond donors (Lipinski definition) is 0. The number of rotatable bonds is 8. The second-order valence-corrected chi connectivity index (χ2v) is 9.32. The van der Waals surface area contributed by atoms with Crippen LogP contribution in [-0.4, -0.2) is 18.7 Å². The van der Waals surface area contributed by atoms with Crippen LogP contribution in [0.15, 0.2) is 75.3 Å². The Morgan fingerprint density at radius 1 is 1.11 bits per heavy atom. The Morgan fingerprint density at radius 2 is 1.97 bits per heavy atom. The molecular weight excluding hydrogens is 484 g/mol. The lowest BCUT2D eigenvalue weighted by Crippen LogP contribution is -2.03. The van der Waals surface area contributed by atoms with Crippen molar-refractivity contribution >= 4 is 44.7 Å². The van der Waals surface area contributed by atoms with Crippen LogP contribution in [0.2, 0.25) is 0 Å². The largest absolute Gasteiger partial charge is 0.493 e. The first-order valence-corrected chi connectivity index (χ1v) is 12.8. The van der Waals surface area contributed by atoms with Crippen molar-refractivity contribution in [3.63, 3.8) is 0 Å². The first-order valence-electron chi connectivity index (χ1n) is 12.0. The van der Waals surface area contributed by atoms with E-state index in [9.17, 15) is 10.1 Å². The van der Waals surface area contributed by atoms with E-state index in [0.29, 0.717) is 45.5 Å². The maximum Gasteiger partial charge on any atom is 0.345 e. The minimum atomic E-state index is -0.467. The van der Waals surface area contributed by atoms with Crippen molar-refractivity contribution < 1.29 is 13.9 Å². The number of unbranched alkanes of at least 4 members (excludes halogenated alkanes) is 1. The van der Waals surface area contributed by atoms with E-state index < -0.39 is 5.63 Å². The summed E-state index contributed by atoms with van der Waals surface area (Å²) >= 11 is 1.30. The van der Waals surface area contributed by atoms with Crippen molar-refractivity contribution in [2.45, 2.75) is 19.8 Å². The summed E-state index contributed by atoms with van der Waals surface area (Å²) in [6, 6.07) is 21.3. The van der Waals surface area contributed by atoms with Crippen LogP contribution in [0, 0.1) is 11.3 Å². The Morgan fingerprint density at radius 3 is 2.78 bits per heavy atom. The molecule has 0 amide bonds. The smallest absolute Gasteiger partial charge is 0.345 e. The van der Waals surface area contributed by atoms with E-state index >= 15 is 0 Å². The zero-order valence-electron chi connectivity index (χ0n) is 20.5. The van der Waals surface area contributed by atoms with Gasteiger partial charge in [-0.2, -0.15) is 5.26 Å². The summed E-state index contributed by atoms with van der Waals surface area (Å²) in [6.07, 6.45) is 3.75. The molecule has 0 unspecified atom stereocenters. The summed E-state index contributed by atoms with van der Waals surface area (Å²) in [5.74, 6) is 1.27. The number of aromatic nitrogens is 1.